The van der Waals surface area contributed by atoms with Crippen LogP contribution in [0.3, 0.4) is 0 Å². The lowest BCUT2D eigenvalue weighted by Crippen LogP contribution is -2.17. The van der Waals surface area contributed by atoms with Crippen LogP contribution >= 0.6 is 11.8 Å². The molecule has 82 valence electrons. The van der Waals surface area contributed by atoms with Gasteiger partial charge in [-0.25, -0.2) is 0 Å². The molecule has 1 saturated heterocycles. The van der Waals surface area contributed by atoms with Crippen LogP contribution < -0.4 is 5.32 Å². The van der Waals surface area contributed by atoms with E-state index in [2.05, 4.69) is 12.2 Å². The second-order valence-corrected chi connectivity index (χ2v) is 4.46. The van der Waals surface area contributed by atoms with Gasteiger partial charge in [-0.05, 0) is 35.4 Å². The Hall–Kier alpha value is -1.55. The summed E-state index contributed by atoms with van der Waals surface area (Å²) in [5.74, 6) is -0.311. The first-order valence-corrected chi connectivity index (χ1v) is 5.84. The molecule has 1 N–H and O–H groups in total. The molecule has 0 aliphatic carbocycles. The van der Waals surface area contributed by atoms with Gasteiger partial charge in [0.05, 0.1) is 4.91 Å². The summed E-state index contributed by atoms with van der Waals surface area (Å²) in [6.45, 7) is 2.09. The molecule has 2 rings (SSSR count). The summed E-state index contributed by atoms with van der Waals surface area (Å²) in [5, 5.41) is 1.92. The van der Waals surface area contributed by atoms with Gasteiger partial charge in [0.25, 0.3) is 11.1 Å². The number of nitrogens with one attached hydrogen (secondary N) is 1. The van der Waals surface area contributed by atoms with Gasteiger partial charge in [-0.3, -0.25) is 14.9 Å². The molecular formula is C12H11NO2S. The molecule has 1 aliphatic heterocycles. The monoisotopic (exact) mass is 233 g/mol. The zero-order valence-corrected chi connectivity index (χ0v) is 9.64. The van der Waals surface area contributed by atoms with E-state index in [1.807, 2.05) is 24.3 Å². The summed E-state index contributed by atoms with van der Waals surface area (Å²) in [6.07, 6.45) is 2.72. The SMILES string of the molecule is CCc1ccc(C=C2SC(=O)NC2=O)cc1. The lowest BCUT2D eigenvalue weighted by Gasteiger charge is -1.97. The van der Waals surface area contributed by atoms with Gasteiger partial charge in [0.1, 0.15) is 0 Å². The van der Waals surface area contributed by atoms with Crippen molar-refractivity contribution in [1.29, 1.82) is 0 Å². The Balaban J connectivity index is 2.22. The minimum Gasteiger partial charge on any atom is -0.282 e. The van der Waals surface area contributed by atoms with Crippen molar-refractivity contribution in [3.63, 3.8) is 0 Å². The summed E-state index contributed by atoms with van der Waals surface area (Å²) in [4.78, 5) is 22.7. The van der Waals surface area contributed by atoms with E-state index >= 15 is 0 Å². The highest BCUT2D eigenvalue weighted by Crippen LogP contribution is 2.25. The van der Waals surface area contributed by atoms with Crippen molar-refractivity contribution >= 4 is 29.0 Å². The first-order valence-electron chi connectivity index (χ1n) is 5.03. The molecule has 1 heterocycles. The zero-order chi connectivity index (χ0) is 11.5. The van der Waals surface area contributed by atoms with Crippen LogP contribution in [0.4, 0.5) is 4.79 Å². The molecule has 4 heteroatoms. The van der Waals surface area contributed by atoms with Gasteiger partial charge in [0.2, 0.25) is 0 Å². The molecule has 3 nitrogen and oxygen atoms in total. The number of carbonyl (C=O) groups excluding carboxylic acids is 2. The predicted molar refractivity (Wildman–Crippen MR) is 64.9 cm³/mol. The van der Waals surface area contributed by atoms with E-state index in [9.17, 15) is 9.59 Å². The summed E-state index contributed by atoms with van der Waals surface area (Å²) in [7, 11) is 0. The number of hydrogen-bond donors (Lipinski definition) is 1. The van der Waals surface area contributed by atoms with Crippen LogP contribution in [0.25, 0.3) is 6.08 Å². The number of aryl methyl sites for hydroxylation is 1. The molecule has 0 unspecified atom stereocenters. The van der Waals surface area contributed by atoms with E-state index in [4.69, 9.17) is 0 Å². The highest BCUT2D eigenvalue weighted by molar-refractivity contribution is 8.18. The summed E-state index contributed by atoms with van der Waals surface area (Å²) < 4.78 is 0. The third-order valence-corrected chi connectivity index (χ3v) is 3.14. The molecule has 0 spiro atoms. The van der Waals surface area contributed by atoms with Crippen LogP contribution in [-0.4, -0.2) is 11.1 Å². The van der Waals surface area contributed by atoms with Crippen molar-refractivity contribution in [1.82, 2.24) is 5.32 Å². The standard InChI is InChI=1S/C12H11NO2S/c1-2-8-3-5-9(6-4-8)7-10-11(14)13-12(15)16-10/h3-7H,2H2,1H3,(H,13,14,15). The van der Waals surface area contributed by atoms with E-state index in [1.54, 1.807) is 6.08 Å². The quantitative estimate of drug-likeness (QED) is 0.798. The number of hydrogen-bond acceptors (Lipinski definition) is 3. The Kier molecular flexibility index (Phi) is 3.10. The van der Waals surface area contributed by atoms with Crippen LogP contribution in [0.15, 0.2) is 29.2 Å². The maximum absolute atomic E-state index is 11.3. The highest BCUT2D eigenvalue weighted by Gasteiger charge is 2.24. The van der Waals surface area contributed by atoms with Gasteiger partial charge in [-0.1, -0.05) is 31.2 Å². The average molecular weight is 233 g/mol. The minimum atomic E-state index is -0.311. The van der Waals surface area contributed by atoms with Crippen LogP contribution in [0.5, 0.6) is 0 Å². The topological polar surface area (TPSA) is 46.2 Å². The summed E-state index contributed by atoms with van der Waals surface area (Å²) in [6, 6.07) is 7.93. The lowest BCUT2D eigenvalue weighted by atomic mass is 10.1. The fourth-order valence-corrected chi connectivity index (χ4v) is 2.10. The smallest absolute Gasteiger partial charge is 0.282 e. The van der Waals surface area contributed by atoms with E-state index in [1.165, 1.54) is 5.56 Å². The van der Waals surface area contributed by atoms with Crippen molar-refractivity contribution < 1.29 is 9.59 Å². The number of carbonyl (C=O) groups is 2. The first-order chi connectivity index (χ1) is 7.69. The Morgan fingerprint density at radius 1 is 1.25 bits per heavy atom. The van der Waals surface area contributed by atoms with E-state index in [0.29, 0.717) is 4.91 Å². The molecule has 1 aromatic rings. The maximum atomic E-state index is 11.3. The largest absolute Gasteiger partial charge is 0.290 e. The molecule has 1 aliphatic rings. The average Bonchev–Trinajstić information content (AvgIpc) is 2.59. The van der Waals surface area contributed by atoms with E-state index < -0.39 is 0 Å². The minimum absolute atomic E-state index is 0.304. The Morgan fingerprint density at radius 2 is 1.94 bits per heavy atom. The zero-order valence-electron chi connectivity index (χ0n) is 8.82. The normalized spacial score (nSPS) is 17.9. The third-order valence-electron chi connectivity index (χ3n) is 2.33. The molecule has 0 radical (unpaired) electrons. The molecule has 1 fully saturated rings. The number of benzene rings is 1. The maximum Gasteiger partial charge on any atom is 0.290 e. The molecule has 0 bridgehead atoms. The summed E-state index contributed by atoms with van der Waals surface area (Å²) >= 11 is 0.940. The number of thioether (sulfide) groups is 1. The molecule has 0 atom stereocenters. The van der Waals surface area contributed by atoms with Gasteiger partial charge in [-0.2, -0.15) is 0 Å². The van der Waals surface area contributed by atoms with Crippen molar-refractivity contribution in [2.75, 3.05) is 0 Å². The molecular weight excluding hydrogens is 222 g/mol. The van der Waals surface area contributed by atoms with Crippen molar-refractivity contribution in [2.24, 2.45) is 0 Å². The summed E-state index contributed by atoms with van der Waals surface area (Å²) in [5.41, 5.74) is 2.19. The molecule has 1 aromatic carbocycles. The predicted octanol–water partition coefficient (Wildman–Crippen LogP) is 2.57. The molecule has 2 amide bonds. The third kappa shape index (κ3) is 2.33. The van der Waals surface area contributed by atoms with Gasteiger partial charge < -0.3 is 0 Å². The number of amides is 2. The Bertz CT molecular complexity index is 462. The van der Waals surface area contributed by atoms with Crippen molar-refractivity contribution in [3.05, 3.63) is 40.3 Å². The van der Waals surface area contributed by atoms with E-state index in [-0.39, 0.29) is 11.1 Å². The van der Waals surface area contributed by atoms with Gasteiger partial charge >= 0.3 is 0 Å². The fraction of sp³-hybridized carbons (Fsp3) is 0.167. The Labute approximate surface area is 97.9 Å². The first kappa shape index (κ1) is 11.0. The van der Waals surface area contributed by atoms with Crippen molar-refractivity contribution in [2.45, 2.75) is 13.3 Å². The number of imide groups is 1. The second kappa shape index (κ2) is 4.53. The van der Waals surface area contributed by atoms with E-state index in [0.717, 1.165) is 23.7 Å². The number of rotatable bonds is 2. The molecule has 0 saturated carbocycles. The second-order valence-electron chi connectivity index (χ2n) is 3.45. The van der Waals surface area contributed by atoms with Crippen molar-refractivity contribution in [3.8, 4) is 0 Å². The van der Waals surface area contributed by atoms with Gasteiger partial charge in [0.15, 0.2) is 0 Å². The van der Waals surface area contributed by atoms with Gasteiger partial charge in [0, 0.05) is 0 Å². The highest BCUT2D eigenvalue weighted by atomic mass is 32.2. The van der Waals surface area contributed by atoms with Crippen LogP contribution in [0.2, 0.25) is 0 Å². The van der Waals surface area contributed by atoms with Crippen LogP contribution in [0.1, 0.15) is 18.1 Å². The fourth-order valence-electron chi connectivity index (χ4n) is 1.42. The molecule has 16 heavy (non-hydrogen) atoms. The Morgan fingerprint density at radius 3 is 2.44 bits per heavy atom. The van der Waals surface area contributed by atoms with Crippen LogP contribution in [-0.2, 0) is 11.2 Å². The van der Waals surface area contributed by atoms with Gasteiger partial charge in [-0.15, -0.1) is 0 Å². The van der Waals surface area contributed by atoms with Crippen LogP contribution in [0, 0.1) is 0 Å². The lowest BCUT2D eigenvalue weighted by molar-refractivity contribution is -0.115. The molecule has 0 aromatic heterocycles.